The number of halogens is 1. The number of urea groups is 1. The van der Waals surface area contributed by atoms with Gasteiger partial charge in [0.05, 0.1) is 0 Å². The molecule has 0 aromatic rings. The molecule has 126 valence electrons. The van der Waals surface area contributed by atoms with E-state index in [1.54, 1.807) is 13.8 Å². The number of hydrogen-bond acceptors (Lipinski definition) is 4. The Hall–Kier alpha value is -1.34. The predicted octanol–water partition coefficient (Wildman–Crippen LogP) is 0.245. The zero-order valence-electron chi connectivity index (χ0n) is 13.3. The first-order chi connectivity index (χ1) is 9.74. The summed E-state index contributed by atoms with van der Waals surface area (Å²) < 4.78 is 0. The molecule has 0 aromatic heterocycles. The monoisotopic (exact) mass is 332 g/mol. The minimum absolute atomic E-state index is 0. The van der Waals surface area contributed by atoms with Gasteiger partial charge < -0.3 is 15.5 Å². The van der Waals surface area contributed by atoms with Crippen molar-refractivity contribution >= 4 is 30.3 Å². The number of piperidine rings is 1. The molecular formula is C14H25ClN4O3. The third-order valence-corrected chi connectivity index (χ3v) is 4.52. The topological polar surface area (TPSA) is 90.5 Å². The zero-order chi connectivity index (χ0) is 15.7. The highest BCUT2D eigenvalue weighted by Crippen LogP contribution is 2.26. The Morgan fingerprint density at radius 2 is 1.82 bits per heavy atom. The molecule has 22 heavy (non-hydrogen) atoms. The summed E-state index contributed by atoms with van der Waals surface area (Å²) in [7, 11) is 0. The van der Waals surface area contributed by atoms with Gasteiger partial charge in [0.1, 0.15) is 12.1 Å². The standard InChI is InChI=1S/C14H24N4O3.ClH/c1-13(2)11(20)17-12(21)18(13)8-10(19)16-9-14(3)4-6-15-7-5-14;/h15H,4-9H2,1-3H3,(H,16,19)(H,17,20,21);1H. The van der Waals surface area contributed by atoms with E-state index in [0.717, 1.165) is 25.9 Å². The number of rotatable bonds is 4. The van der Waals surface area contributed by atoms with Gasteiger partial charge in [-0.1, -0.05) is 6.92 Å². The summed E-state index contributed by atoms with van der Waals surface area (Å²) in [5.74, 6) is -0.599. The fraction of sp³-hybridized carbons (Fsp3) is 0.786. The summed E-state index contributed by atoms with van der Waals surface area (Å²) in [6.07, 6.45) is 2.03. The van der Waals surface area contributed by atoms with E-state index >= 15 is 0 Å². The second kappa shape index (κ2) is 6.83. The molecule has 8 heteroatoms. The van der Waals surface area contributed by atoms with E-state index < -0.39 is 11.6 Å². The van der Waals surface area contributed by atoms with Crippen LogP contribution < -0.4 is 16.0 Å². The number of carbonyl (C=O) groups is 3. The van der Waals surface area contributed by atoms with Gasteiger partial charge in [0.15, 0.2) is 0 Å². The van der Waals surface area contributed by atoms with Crippen LogP contribution in [-0.2, 0) is 9.59 Å². The minimum Gasteiger partial charge on any atom is -0.354 e. The number of hydrogen-bond donors (Lipinski definition) is 3. The first-order valence-electron chi connectivity index (χ1n) is 7.35. The maximum absolute atomic E-state index is 12.1. The van der Waals surface area contributed by atoms with Crippen LogP contribution in [0.4, 0.5) is 4.79 Å². The summed E-state index contributed by atoms with van der Waals surface area (Å²) in [6.45, 7) is 7.84. The second-order valence-electron chi connectivity index (χ2n) is 6.74. The summed E-state index contributed by atoms with van der Waals surface area (Å²) in [5.41, 5.74) is -0.882. The van der Waals surface area contributed by atoms with Gasteiger partial charge in [-0.05, 0) is 45.2 Å². The van der Waals surface area contributed by atoms with Crippen LogP contribution in [0.25, 0.3) is 0 Å². The highest BCUT2D eigenvalue weighted by Gasteiger charge is 2.46. The van der Waals surface area contributed by atoms with Gasteiger partial charge in [-0.2, -0.15) is 0 Å². The van der Waals surface area contributed by atoms with Gasteiger partial charge in [-0.25, -0.2) is 4.79 Å². The van der Waals surface area contributed by atoms with Gasteiger partial charge in [0, 0.05) is 6.54 Å². The number of carbonyl (C=O) groups excluding carboxylic acids is 3. The SMILES string of the molecule is CC1(CNC(=O)CN2C(=O)NC(=O)C2(C)C)CCNCC1.Cl. The molecule has 0 radical (unpaired) electrons. The smallest absolute Gasteiger partial charge is 0.325 e. The highest BCUT2D eigenvalue weighted by atomic mass is 35.5. The number of nitrogens with one attached hydrogen (secondary N) is 3. The molecule has 0 saturated carbocycles. The Balaban J connectivity index is 0.00000242. The Bertz CT molecular complexity index is 461. The van der Waals surface area contributed by atoms with Gasteiger partial charge in [-0.15, -0.1) is 12.4 Å². The van der Waals surface area contributed by atoms with E-state index in [1.165, 1.54) is 4.90 Å². The van der Waals surface area contributed by atoms with Crippen molar-refractivity contribution in [3.05, 3.63) is 0 Å². The van der Waals surface area contributed by atoms with Gasteiger partial charge in [0.25, 0.3) is 5.91 Å². The molecule has 0 atom stereocenters. The van der Waals surface area contributed by atoms with Crippen molar-refractivity contribution in [1.82, 2.24) is 20.9 Å². The number of amides is 4. The van der Waals surface area contributed by atoms with Crippen LogP contribution in [0, 0.1) is 5.41 Å². The van der Waals surface area contributed by atoms with Crippen molar-refractivity contribution in [2.45, 2.75) is 39.2 Å². The first kappa shape index (κ1) is 18.7. The molecule has 0 aromatic carbocycles. The summed E-state index contributed by atoms with van der Waals surface area (Å²) >= 11 is 0. The lowest BCUT2D eigenvalue weighted by Gasteiger charge is -2.34. The van der Waals surface area contributed by atoms with E-state index in [4.69, 9.17) is 0 Å². The summed E-state index contributed by atoms with van der Waals surface area (Å²) in [5, 5.41) is 8.42. The quantitative estimate of drug-likeness (QED) is 0.643. The number of nitrogens with zero attached hydrogens (tertiary/aromatic N) is 1. The molecule has 0 spiro atoms. The van der Waals surface area contributed by atoms with Crippen LogP contribution in [0.3, 0.4) is 0 Å². The molecule has 0 aliphatic carbocycles. The van der Waals surface area contributed by atoms with Crippen molar-refractivity contribution in [1.29, 1.82) is 0 Å². The largest absolute Gasteiger partial charge is 0.354 e. The van der Waals surface area contributed by atoms with Crippen LogP contribution in [-0.4, -0.2) is 54.5 Å². The summed E-state index contributed by atoms with van der Waals surface area (Å²) in [4.78, 5) is 36.7. The van der Waals surface area contributed by atoms with Crippen LogP contribution >= 0.6 is 12.4 Å². The highest BCUT2D eigenvalue weighted by molar-refractivity contribution is 6.07. The lowest BCUT2D eigenvalue weighted by atomic mass is 9.81. The molecule has 2 rings (SSSR count). The molecule has 7 nitrogen and oxygen atoms in total. The average Bonchev–Trinajstić information content (AvgIpc) is 2.60. The van der Waals surface area contributed by atoms with Crippen LogP contribution in [0.1, 0.15) is 33.6 Å². The molecule has 3 N–H and O–H groups in total. The second-order valence-corrected chi connectivity index (χ2v) is 6.74. The Morgan fingerprint density at radius 3 is 2.32 bits per heavy atom. The van der Waals surface area contributed by atoms with E-state index in [-0.39, 0.29) is 36.2 Å². The molecule has 0 unspecified atom stereocenters. The Labute approximate surface area is 137 Å². The molecule has 0 bridgehead atoms. The number of imide groups is 1. The third-order valence-electron chi connectivity index (χ3n) is 4.52. The average molecular weight is 333 g/mol. The molecule has 2 heterocycles. The van der Waals surface area contributed by atoms with Crippen LogP contribution in [0.15, 0.2) is 0 Å². The Morgan fingerprint density at radius 1 is 1.23 bits per heavy atom. The van der Waals surface area contributed by atoms with Gasteiger partial charge in [0.2, 0.25) is 5.91 Å². The van der Waals surface area contributed by atoms with Crippen LogP contribution in [0.5, 0.6) is 0 Å². The molecule has 2 aliphatic rings. The molecule has 2 fully saturated rings. The predicted molar refractivity (Wildman–Crippen MR) is 84.8 cm³/mol. The normalized spacial score (nSPS) is 22.8. The fourth-order valence-electron chi connectivity index (χ4n) is 2.68. The first-order valence-corrected chi connectivity index (χ1v) is 7.35. The molecular weight excluding hydrogens is 308 g/mol. The Kier molecular flexibility index (Phi) is 5.81. The fourth-order valence-corrected chi connectivity index (χ4v) is 2.68. The minimum atomic E-state index is -0.979. The maximum Gasteiger partial charge on any atom is 0.325 e. The van der Waals surface area contributed by atoms with Gasteiger partial charge in [-0.3, -0.25) is 14.9 Å². The van der Waals surface area contributed by atoms with E-state index in [2.05, 4.69) is 22.9 Å². The lowest BCUT2D eigenvalue weighted by Crippen LogP contribution is -2.50. The maximum atomic E-state index is 12.1. The molecule has 2 saturated heterocycles. The lowest BCUT2D eigenvalue weighted by molar-refractivity contribution is -0.127. The van der Waals surface area contributed by atoms with Crippen molar-refractivity contribution in [3.8, 4) is 0 Å². The molecule has 2 aliphatic heterocycles. The van der Waals surface area contributed by atoms with Gasteiger partial charge >= 0.3 is 6.03 Å². The van der Waals surface area contributed by atoms with Crippen molar-refractivity contribution in [3.63, 3.8) is 0 Å². The van der Waals surface area contributed by atoms with Crippen LogP contribution in [0.2, 0.25) is 0 Å². The van der Waals surface area contributed by atoms with E-state index in [9.17, 15) is 14.4 Å². The van der Waals surface area contributed by atoms with E-state index in [1.807, 2.05) is 0 Å². The van der Waals surface area contributed by atoms with E-state index in [0.29, 0.717) is 6.54 Å². The van der Waals surface area contributed by atoms with Crippen molar-refractivity contribution < 1.29 is 14.4 Å². The zero-order valence-corrected chi connectivity index (χ0v) is 14.1. The van der Waals surface area contributed by atoms with Crippen molar-refractivity contribution in [2.75, 3.05) is 26.2 Å². The van der Waals surface area contributed by atoms with Crippen molar-refractivity contribution in [2.24, 2.45) is 5.41 Å². The third kappa shape index (κ3) is 3.89. The summed E-state index contributed by atoms with van der Waals surface area (Å²) in [6, 6.07) is -0.506. The molecule has 4 amide bonds.